The molecule has 1 aliphatic carbocycles. The van der Waals surface area contributed by atoms with Crippen LogP contribution in [0.15, 0.2) is 24.3 Å². The fraction of sp³-hybridized carbons (Fsp3) is 0.333. The van der Waals surface area contributed by atoms with Crippen LogP contribution in [0.4, 0.5) is 4.39 Å². The summed E-state index contributed by atoms with van der Waals surface area (Å²) in [5.41, 5.74) is 4.74. The largest absolute Gasteiger partial charge is 0.271 e. The van der Waals surface area contributed by atoms with Gasteiger partial charge >= 0.3 is 0 Å². The lowest BCUT2D eigenvalue weighted by atomic mass is 10.0. The molecule has 2 nitrogen and oxygen atoms in total. The third-order valence-electron chi connectivity index (χ3n) is 3.78. The molecule has 1 aromatic carbocycles. The highest BCUT2D eigenvalue weighted by Gasteiger charge is 2.21. The number of hydrogen-bond acceptors (Lipinski definition) is 3. The third-order valence-corrected chi connectivity index (χ3v) is 5.49. The molecule has 0 spiro atoms. The Bertz CT molecular complexity index is 585. The van der Waals surface area contributed by atoms with E-state index in [-0.39, 0.29) is 11.9 Å². The molecule has 1 unspecified atom stereocenters. The van der Waals surface area contributed by atoms with Crippen LogP contribution in [-0.2, 0) is 19.3 Å². The SMILES string of the molecule is NNC(Cc1c(F)cccc1Cl)c1cc2c(s1)CCC2. The van der Waals surface area contributed by atoms with Crippen molar-refractivity contribution in [1.29, 1.82) is 0 Å². The van der Waals surface area contributed by atoms with Gasteiger partial charge in [-0.05, 0) is 49.4 Å². The normalized spacial score (nSPS) is 15.3. The van der Waals surface area contributed by atoms with Gasteiger partial charge in [-0.3, -0.25) is 11.3 Å². The molecule has 2 aromatic rings. The van der Waals surface area contributed by atoms with Crippen molar-refractivity contribution < 1.29 is 4.39 Å². The minimum atomic E-state index is -0.276. The maximum atomic E-state index is 13.9. The Morgan fingerprint density at radius 3 is 2.95 bits per heavy atom. The quantitative estimate of drug-likeness (QED) is 0.666. The van der Waals surface area contributed by atoms with Gasteiger partial charge in [-0.15, -0.1) is 11.3 Å². The average molecular weight is 311 g/mol. The number of nitrogens with one attached hydrogen (secondary N) is 1. The number of halogens is 2. The van der Waals surface area contributed by atoms with Gasteiger partial charge in [0.15, 0.2) is 0 Å². The Kier molecular flexibility index (Phi) is 4.08. The van der Waals surface area contributed by atoms with Crippen molar-refractivity contribution in [3.63, 3.8) is 0 Å². The van der Waals surface area contributed by atoms with Crippen molar-refractivity contribution in [1.82, 2.24) is 5.43 Å². The monoisotopic (exact) mass is 310 g/mol. The molecule has 0 saturated carbocycles. The summed E-state index contributed by atoms with van der Waals surface area (Å²) in [4.78, 5) is 2.61. The van der Waals surface area contributed by atoms with Crippen molar-refractivity contribution in [2.75, 3.05) is 0 Å². The first-order valence-electron chi connectivity index (χ1n) is 6.69. The van der Waals surface area contributed by atoms with Crippen molar-refractivity contribution in [2.24, 2.45) is 5.84 Å². The molecule has 20 heavy (non-hydrogen) atoms. The van der Waals surface area contributed by atoms with Crippen LogP contribution in [0.25, 0.3) is 0 Å². The highest BCUT2D eigenvalue weighted by Crippen LogP contribution is 2.35. The highest BCUT2D eigenvalue weighted by molar-refractivity contribution is 7.12. The van der Waals surface area contributed by atoms with Crippen LogP contribution >= 0.6 is 22.9 Å². The zero-order valence-corrected chi connectivity index (χ0v) is 12.5. The Balaban J connectivity index is 1.86. The summed E-state index contributed by atoms with van der Waals surface area (Å²) in [6.07, 6.45) is 3.99. The first-order valence-corrected chi connectivity index (χ1v) is 7.89. The summed E-state index contributed by atoms with van der Waals surface area (Å²) in [7, 11) is 0. The maximum Gasteiger partial charge on any atom is 0.127 e. The van der Waals surface area contributed by atoms with Gasteiger partial charge in [-0.2, -0.15) is 0 Å². The van der Waals surface area contributed by atoms with Crippen molar-refractivity contribution in [3.05, 3.63) is 56.0 Å². The molecule has 1 atom stereocenters. The summed E-state index contributed by atoms with van der Waals surface area (Å²) in [5.74, 6) is 5.39. The first-order chi connectivity index (χ1) is 9.69. The van der Waals surface area contributed by atoms with E-state index in [0.29, 0.717) is 17.0 Å². The van der Waals surface area contributed by atoms with E-state index in [2.05, 4.69) is 11.5 Å². The second kappa shape index (κ2) is 5.82. The minimum absolute atomic E-state index is 0.0972. The molecular formula is C15H16ClFN2S. The summed E-state index contributed by atoms with van der Waals surface area (Å²) >= 11 is 7.87. The van der Waals surface area contributed by atoms with Crippen LogP contribution in [0.2, 0.25) is 5.02 Å². The van der Waals surface area contributed by atoms with Gasteiger partial charge < -0.3 is 0 Å². The number of hydrazine groups is 1. The molecule has 5 heteroatoms. The fourth-order valence-corrected chi connectivity index (χ4v) is 4.25. The van der Waals surface area contributed by atoms with Gasteiger partial charge in [0.05, 0.1) is 6.04 Å². The zero-order valence-electron chi connectivity index (χ0n) is 11.0. The van der Waals surface area contributed by atoms with Crippen LogP contribution in [-0.4, -0.2) is 0 Å². The predicted octanol–water partition coefficient (Wildman–Crippen LogP) is 3.78. The van der Waals surface area contributed by atoms with Crippen molar-refractivity contribution in [3.8, 4) is 0 Å². The van der Waals surface area contributed by atoms with E-state index in [1.165, 1.54) is 22.9 Å². The van der Waals surface area contributed by atoms with Crippen LogP contribution in [0.3, 0.4) is 0 Å². The highest BCUT2D eigenvalue weighted by atomic mass is 35.5. The number of fused-ring (bicyclic) bond motifs is 1. The molecule has 1 heterocycles. The maximum absolute atomic E-state index is 13.9. The van der Waals surface area contributed by atoms with E-state index in [4.69, 9.17) is 17.4 Å². The van der Waals surface area contributed by atoms with Crippen LogP contribution in [0.1, 0.15) is 33.3 Å². The molecule has 3 rings (SSSR count). The molecule has 1 aromatic heterocycles. The second-order valence-corrected chi connectivity index (χ2v) is 6.65. The van der Waals surface area contributed by atoms with Gasteiger partial charge in [0.2, 0.25) is 0 Å². The number of hydrogen-bond donors (Lipinski definition) is 2. The lowest BCUT2D eigenvalue weighted by Gasteiger charge is -2.16. The average Bonchev–Trinajstić information content (AvgIpc) is 2.99. The summed E-state index contributed by atoms with van der Waals surface area (Å²) in [6, 6.07) is 6.86. The van der Waals surface area contributed by atoms with E-state index >= 15 is 0 Å². The zero-order chi connectivity index (χ0) is 14.1. The molecule has 3 N–H and O–H groups in total. The Morgan fingerprint density at radius 2 is 2.25 bits per heavy atom. The van der Waals surface area contributed by atoms with Crippen LogP contribution in [0.5, 0.6) is 0 Å². The Labute approximate surface area is 126 Å². The van der Waals surface area contributed by atoms with Crippen LogP contribution < -0.4 is 11.3 Å². The summed E-state index contributed by atoms with van der Waals surface area (Å²) < 4.78 is 13.9. The molecule has 0 amide bonds. The predicted molar refractivity (Wildman–Crippen MR) is 81.5 cm³/mol. The number of aryl methyl sites for hydroxylation is 2. The fourth-order valence-electron chi connectivity index (χ4n) is 2.70. The number of thiophene rings is 1. The Morgan fingerprint density at radius 1 is 1.40 bits per heavy atom. The first kappa shape index (κ1) is 14.0. The standard InChI is InChI=1S/C15H16ClFN2S/c16-11-4-2-5-12(17)10(11)8-13(19-18)15-7-9-3-1-6-14(9)20-15/h2,4-5,7,13,19H,1,3,6,8,18H2. The third kappa shape index (κ3) is 2.61. The number of rotatable bonds is 4. The molecule has 0 saturated heterocycles. The van der Waals surface area contributed by atoms with Crippen LogP contribution in [0, 0.1) is 5.82 Å². The van der Waals surface area contributed by atoms with E-state index in [1.54, 1.807) is 23.5 Å². The Hall–Kier alpha value is -0.940. The van der Waals surface area contributed by atoms with Gasteiger partial charge in [-0.1, -0.05) is 17.7 Å². The molecular weight excluding hydrogens is 295 g/mol. The molecule has 0 aliphatic heterocycles. The molecule has 1 aliphatic rings. The van der Waals surface area contributed by atoms with Crippen molar-refractivity contribution >= 4 is 22.9 Å². The number of nitrogens with two attached hydrogens (primary N) is 1. The van der Waals surface area contributed by atoms with Gasteiger partial charge in [-0.25, -0.2) is 4.39 Å². The summed E-state index contributed by atoms with van der Waals surface area (Å²) in [6.45, 7) is 0. The smallest absolute Gasteiger partial charge is 0.127 e. The van der Waals surface area contributed by atoms with E-state index in [0.717, 1.165) is 17.7 Å². The molecule has 0 radical (unpaired) electrons. The topological polar surface area (TPSA) is 38.0 Å². The van der Waals surface area contributed by atoms with E-state index < -0.39 is 0 Å². The van der Waals surface area contributed by atoms with Crippen molar-refractivity contribution in [2.45, 2.75) is 31.7 Å². The second-order valence-electron chi connectivity index (χ2n) is 5.07. The van der Waals surface area contributed by atoms with E-state index in [9.17, 15) is 4.39 Å². The van der Waals surface area contributed by atoms with E-state index in [1.807, 2.05) is 0 Å². The number of benzene rings is 1. The lowest BCUT2D eigenvalue weighted by molar-refractivity contribution is 0.535. The van der Waals surface area contributed by atoms with Gasteiger partial charge in [0, 0.05) is 20.3 Å². The molecule has 0 bridgehead atoms. The molecule has 106 valence electrons. The summed E-state index contributed by atoms with van der Waals surface area (Å²) in [5, 5.41) is 0.453. The van der Waals surface area contributed by atoms with Gasteiger partial charge in [0.1, 0.15) is 5.82 Å². The molecule has 0 fully saturated rings. The minimum Gasteiger partial charge on any atom is -0.271 e. The van der Waals surface area contributed by atoms with Gasteiger partial charge in [0.25, 0.3) is 0 Å². The lowest BCUT2D eigenvalue weighted by Crippen LogP contribution is -2.29.